The number of nitrogens with one attached hydrogen (secondary N) is 2. The summed E-state index contributed by atoms with van der Waals surface area (Å²) in [6, 6.07) is 16.6. The molecule has 8 nitrogen and oxygen atoms in total. The third kappa shape index (κ3) is 5.89. The zero-order valence-corrected chi connectivity index (χ0v) is 22.4. The van der Waals surface area contributed by atoms with Gasteiger partial charge in [0.2, 0.25) is 10.9 Å². The van der Waals surface area contributed by atoms with E-state index < -0.39 is 0 Å². The Balaban J connectivity index is 1.12. The largest absolute Gasteiger partial charge is 0.457 e. The van der Waals surface area contributed by atoms with Crippen molar-refractivity contribution in [2.45, 2.75) is 13.5 Å². The van der Waals surface area contributed by atoms with Gasteiger partial charge in [0, 0.05) is 28.8 Å². The highest BCUT2D eigenvalue weighted by molar-refractivity contribution is 7.80. The third-order valence-electron chi connectivity index (χ3n) is 5.26. The second-order valence-electron chi connectivity index (χ2n) is 7.88. The summed E-state index contributed by atoms with van der Waals surface area (Å²) in [7, 11) is 0. The average molecular weight is 569 g/mol. The number of nitrogens with zero attached hydrogens (tertiary/aromatic N) is 4. The lowest BCUT2D eigenvalue weighted by Gasteiger charge is -2.08. The molecule has 0 aliphatic carbocycles. The van der Waals surface area contributed by atoms with E-state index in [1.54, 1.807) is 40.9 Å². The zero-order valence-electron chi connectivity index (χ0n) is 19.2. The number of carbonyl (C=O) groups is 1. The number of aromatic nitrogens is 4. The Bertz CT molecular complexity index is 1640. The van der Waals surface area contributed by atoms with Crippen LogP contribution in [-0.2, 0) is 11.3 Å². The quantitative estimate of drug-likeness (QED) is 0.193. The fourth-order valence-electron chi connectivity index (χ4n) is 3.41. The van der Waals surface area contributed by atoms with E-state index in [2.05, 4.69) is 25.9 Å². The topological polar surface area (TPSA) is 97.3 Å². The van der Waals surface area contributed by atoms with Crippen molar-refractivity contribution < 1.29 is 9.21 Å². The standard InChI is InChI=1S/C25H18Cl2N6O2S2/c1-14-30-31-25-33(14)32-23(37-25)16-4-2-15(3-5-16)13-28-24(36)29-22(34)11-8-18-7-10-21(35-18)19-9-6-17(26)12-20(19)27/h2-12H,13H2,1H3,(H2,28,29,34,36)/b11-8+. The van der Waals surface area contributed by atoms with Crippen LogP contribution >= 0.6 is 46.8 Å². The predicted octanol–water partition coefficient (Wildman–Crippen LogP) is 5.93. The van der Waals surface area contributed by atoms with E-state index in [1.165, 1.54) is 17.4 Å². The number of thiocarbonyl (C=S) groups is 1. The van der Waals surface area contributed by atoms with Crippen molar-refractivity contribution in [1.82, 2.24) is 30.4 Å². The van der Waals surface area contributed by atoms with Crippen molar-refractivity contribution in [2.24, 2.45) is 0 Å². The fourth-order valence-corrected chi connectivity index (χ4v) is 4.98. The molecule has 0 bridgehead atoms. The first-order valence-electron chi connectivity index (χ1n) is 11.0. The molecule has 0 spiro atoms. The number of hydrogen-bond acceptors (Lipinski definition) is 7. The van der Waals surface area contributed by atoms with Crippen molar-refractivity contribution in [2.75, 3.05) is 0 Å². The number of furan rings is 1. The molecule has 0 radical (unpaired) electrons. The summed E-state index contributed by atoms with van der Waals surface area (Å²) in [4.78, 5) is 13.0. The SMILES string of the molecule is Cc1nnc2sc(-c3ccc(CNC(=S)NC(=O)/C=C/c4ccc(-c5ccc(Cl)cc5Cl)o4)cc3)nn12. The van der Waals surface area contributed by atoms with Crippen molar-refractivity contribution in [3.63, 3.8) is 0 Å². The van der Waals surface area contributed by atoms with E-state index in [1.807, 2.05) is 31.2 Å². The van der Waals surface area contributed by atoms with Gasteiger partial charge in [0.1, 0.15) is 16.5 Å². The van der Waals surface area contributed by atoms with Crippen LogP contribution < -0.4 is 10.6 Å². The molecule has 2 aromatic carbocycles. The minimum absolute atomic E-state index is 0.218. The summed E-state index contributed by atoms with van der Waals surface area (Å²) in [6.07, 6.45) is 2.90. The Labute approximate surface area is 230 Å². The number of aryl methyl sites for hydroxylation is 1. The highest BCUT2D eigenvalue weighted by Crippen LogP contribution is 2.31. The first-order chi connectivity index (χ1) is 17.9. The van der Waals surface area contributed by atoms with Crippen LogP contribution in [0.15, 0.2) is 65.1 Å². The number of hydrogen-bond donors (Lipinski definition) is 2. The summed E-state index contributed by atoms with van der Waals surface area (Å²) in [5, 5.41) is 20.4. The first kappa shape index (κ1) is 25.1. The molecule has 37 heavy (non-hydrogen) atoms. The van der Waals surface area contributed by atoms with Crippen LogP contribution in [0.25, 0.3) is 32.9 Å². The molecule has 3 heterocycles. The molecule has 5 rings (SSSR count). The Morgan fingerprint density at radius 3 is 2.70 bits per heavy atom. The van der Waals surface area contributed by atoms with E-state index in [9.17, 15) is 4.79 Å². The Morgan fingerprint density at radius 1 is 1.14 bits per heavy atom. The smallest absolute Gasteiger partial charge is 0.250 e. The van der Waals surface area contributed by atoms with Crippen LogP contribution in [0.3, 0.4) is 0 Å². The lowest BCUT2D eigenvalue weighted by Crippen LogP contribution is -2.37. The van der Waals surface area contributed by atoms with Gasteiger partial charge in [-0.25, -0.2) is 0 Å². The van der Waals surface area contributed by atoms with E-state index >= 15 is 0 Å². The van der Waals surface area contributed by atoms with Crippen molar-refractivity contribution in [1.29, 1.82) is 0 Å². The Morgan fingerprint density at radius 2 is 1.95 bits per heavy atom. The van der Waals surface area contributed by atoms with Gasteiger partial charge in [0.05, 0.1) is 5.02 Å². The molecule has 186 valence electrons. The van der Waals surface area contributed by atoms with Gasteiger partial charge >= 0.3 is 0 Å². The van der Waals surface area contributed by atoms with Gasteiger partial charge in [-0.15, -0.1) is 10.2 Å². The summed E-state index contributed by atoms with van der Waals surface area (Å²) in [6.45, 7) is 2.32. The highest BCUT2D eigenvalue weighted by Gasteiger charge is 2.11. The van der Waals surface area contributed by atoms with Crippen molar-refractivity contribution in [3.8, 4) is 21.9 Å². The van der Waals surface area contributed by atoms with E-state index in [-0.39, 0.29) is 11.0 Å². The fraction of sp³-hybridized carbons (Fsp3) is 0.0800. The number of halogens is 2. The molecule has 0 unspecified atom stereocenters. The van der Waals surface area contributed by atoms with Crippen molar-refractivity contribution in [3.05, 3.63) is 87.9 Å². The normalized spacial score (nSPS) is 11.3. The van der Waals surface area contributed by atoms with E-state index in [0.717, 1.165) is 26.9 Å². The average Bonchev–Trinajstić information content (AvgIpc) is 3.60. The van der Waals surface area contributed by atoms with Crippen LogP contribution in [0.4, 0.5) is 0 Å². The van der Waals surface area contributed by atoms with Crippen LogP contribution in [-0.4, -0.2) is 30.8 Å². The minimum Gasteiger partial charge on any atom is -0.457 e. The lowest BCUT2D eigenvalue weighted by atomic mass is 10.1. The second-order valence-corrected chi connectivity index (χ2v) is 10.1. The van der Waals surface area contributed by atoms with Gasteiger partial charge in [-0.2, -0.15) is 9.61 Å². The third-order valence-corrected chi connectivity index (χ3v) is 7.00. The Hall–Kier alpha value is -3.57. The molecule has 2 N–H and O–H groups in total. The first-order valence-corrected chi connectivity index (χ1v) is 12.9. The second kappa shape index (κ2) is 10.8. The summed E-state index contributed by atoms with van der Waals surface area (Å²) in [5.74, 6) is 1.44. The van der Waals surface area contributed by atoms with Gasteiger partial charge in [-0.3, -0.25) is 10.1 Å². The molecule has 12 heteroatoms. The predicted molar refractivity (Wildman–Crippen MR) is 150 cm³/mol. The molecule has 1 amide bonds. The summed E-state index contributed by atoms with van der Waals surface area (Å²) in [5.41, 5.74) is 2.70. The maximum atomic E-state index is 12.3. The molecule has 0 aliphatic rings. The molecule has 0 aliphatic heterocycles. The van der Waals surface area contributed by atoms with Crippen LogP contribution in [0.1, 0.15) is 17.1 Å². The van der Waals surface area contributed by atoms with Crippen LogP contribution in [0.2, 0.25) is 10.0 Å². The van der Waals surface area contributed by atoms with Gasteiger partial charge in [-0.1, -0.05) is 58.8 Å². The molecule has 0 saturated carbocycles. The van der Waals surface area contributed by atoms with Gasteiger partial charge < -0.3 is 9.73 Å². The van der Waals surface area contributed by atoms with Gasteiger partial charge in [0.15, 0.2) is 10.9 Å². The van der Waals surface area contributed by atoms with Gasteiger partial charge in [0.25, 0.3) is 0 Å². The zero-order chi connectivity index (χ0) is 25.9. The maximum absolute atomic E-state index is 12.3. The molecule has 5 aromatic rings. The van der Waals surface area contributed by atoms with Crippen LogP contribution in [0.5, 0.6) is 0 Å². The van der Waals surface area contributed by atoms with E-state index in [4.69, 9.17) is 39.8 Å². The molecule has 0 atom stereocenters. The van der Waals surface area contributed by atoms with Gasteiger partial charge in [-0.05, 0) is 61.1 Å². The molecule has 0 fully saturated rings. The molecule has 0 saturated heterocycles. The maximum Gasteiger partial charge on any atom is 0.250 e. The van der Waals surface area contributed by atoms with Crippen LogP contribution in [0, 0.1) is 6.92 Å². The number of carbonyl (C=O) groups excluding carboxylic acids is 1. The number of rotatable bonds is 6. The minimum atomic E-state index is -0.381. The molecular formula is C25H18Cl2N6O2S2. The Kier molecular flexibility index (Phi) is 7.33. The number of benzene rings is 2. The molecule has 3 aromatic heterocycles. The highest BCUT2D eigenvalue weighted by atomic mass is 35.5. The summed E-state index contributed by atoms with van der Waals surface area (Å²) < 4.78 is 7.48. The monoisotopic (exact) mass is 568 g/mol. The number of amides is 1. The number of fused-ring (bicyclic) bond motifs is 1. The molecular weight excluding hydrogens is 551 g/mol. The summed E-state index contributed by atoms with van der Waals surface area (Å²) >= 11 is 18.9. The van der Waals surface area contributed by atoms with E-state index in [0.29, 0.717) is 33.7 Å². The van der Waals surface area contributed by atoms with Crippen molar-refractivity contribution >= 4 is 68.8 Å². The lowest BCUT2D eigenvalue weighted by molar-refractivity contribution is -0.115.